The third kappa shape index (κ3) is 3.92. The minimum absolute atomic E-state index is 0.0475. The monoisotopic (exact) mass is 390 g/mol. The van der Waals surface area contributed by atoms with Gasteiger partial charge in [-0.3, -0.25) is 9.59 Å². The first kappa shape index (κ1) is 18.9. The van der Waals surface area contributed by atoms with Gasteiger partial charge in [0.2, 0.25) is 5.91 Å². The predicted octanol–water partition coefficient (Wildman–Crippen LogP) is 3.77. The maximum atomic E-state index is 12.9. The van der Waals surface area contributed by atoms with Gasteiger partial charge >= 0.3 is 0 Å². The van der Waals surface area contributed by atoms with Crippen molar-refractivity contribution in [3.63, 3.8) is 0 Å². The lowest BCUT2D eigenvalue weighted by atomic mass is 9.88. The van der Waals surface area contributed by atoms with Crippen LogP contribution in [0, 0.1) is 17.8 Å². The molecule has 2 fully saturated rings. The van der Waals surface area contributed by atoms with Crippen molar-refractivity contribution in [2.45, 2.75) is 57.8 Å². The summed E-state index contributed by atoms with van der Waals surface area (Å²) in [5, 5.41) is 6.96. The van der Waals surface area contributed by atoms with Gasteiger partial charge in [0.05, 0.1) is 5.56 Å². The van der Waals surface area contributed by atoms with Gasteiger partial charge in [-0.15, -0.1) is 11.3 Å². The highest BCUT2D eigenvalue weighted by molar-refractivity contribution is 7.17. The van der Waals surface area contributed by atoms with Crippen LogP contribution in [0.3, 0.4) is 0 Å². The minimum atomic E-state index is -0.0475. The number of methoxy groups -OCH3 is 1. The van der Waals surface area contributed by atoms with E-state index < -0.39 is 0 Å². The molecule has 4 rings (SSSR count). The summed E-state index contributed by atoms with van der Waals surface area (Å²) in [6, 6.07) is 0. The Balaban J connectivity index is 1.50. The number of carbonyl (C=O) groups excluding carboxylic acids is 2. The molecule has 0 radical (unpaired) electrons. The number of hydrogen-bond acceptors (Lipinski definition) is 4. The van der Waals surface area contributed by atoms with Crippen LogP contribution in [0.25, 0.3) is 0 Å². The Kier molecular flexibility index (Phi) is 5.83. The molecule has 0 spiro atoms. The number of nitrogens with one attached hydrogen (secondary N) is 2. The van der Waals surface area contributed by atoms with Gasteiger partial charge in [-0.25, -0.2) is 0 Å². The molecule has 3 atom stereocenters. The molecule has 2 amide bonds. The van der Waals surface area contributed by atoms with Crippen molar-refractivity contribution in [1.82, 2.24) is 5.32 Å². The topological polar surface area (TPSA) is 67.4 Å². The number of hydrogen-bond donors (Lipinski definition) is 2. The molecule has 2 N–H and O–H groups in total. The molecule has 1 aromatic heterocycles. The summed E-state index contributed by atoms with van der Waals surface area (Å²) in [4.78, 5) is 27.1. The number of anilines is 1. The molecule has 27 heavy (non-hydrogen) atoms. The SMILES string of the molecule is COCCCNC(=O)c1c(NC(=O)C2CC3CCC2C3)sc2c1CCCC2. The number of thiophene rings is 1. The highest BCUT2D eigenvalue weighted by atomic mass is 32.1. The molecule has 5 nitrogen and oxygen atoms in total. The second-order valence-corrected chi connectivity index (χ2v) is 9.39. The molecular formula is C21H30N2O3S. The molecule has 2 saturated carbocycles. The van der Waals surface area contributed by atoms with Crippen molar-refractivity contribution < 1.29 is 14.3 Å². The zero-order valence-electron chi connectivity index (χ0n) is 16.1. The van der Waals surface area contributed by atoms with Crippen LogP contribution in [0.5, 0.6) is 0 Å². The lowest BCUT2D eigenvalue weighted by Crippen LogP contribution is -2.30. The van der Waals surface area contributed by atoms with Gasteiger partial charge < -0.3 is 15.4 Å². The van der Waals surface area contributed by atoms with Crippen LogP contribution in [0.1, 0.15) is 65.7 Å². The molecular weight excluding hydrogens is 360 g/mol. The van der Waals surface area contributed by atoms with Crippen LogP contribution in [-0.4, -0.2) is 32.1 Å². The third-order valence-electron chi connectivity index (χ3n) is 6.52. The fourth-order valence-electron chi connectivity index (χ4n) is 5.17. The predicted molar refractivity (Wildman–Crippen MR) is 107 cm³/mol. The molecule has 148 valence electrons. The maximum Gasteiger partial charge on any atom is 0.254 e. The van der Waals surface area contributed by atoms with Crippen molar-refractivity contribution in [3.05, 3.63) is 16.0 Å². The third-order valence-corrected chi connectivity index (χ3v) is 7.73. The lowest BCUT2D eigenvalue weighted by Gasteiger charge is -2.20. The fraction of sp³-hybridized carbons (Fsp3) is 0.714. The molecule has 1 aromatic rings. The van der Waals surface area contributed by atoms with Crippen LogP contribution in [0.2, 0.25) is 0 Å². The molecule has 3 aliphatic rings. The summed E-state index contributed by atoms with van der Waals surface area (Å²) >= 11 is 1.62. The number of ether oxygens (including phenoxy) is 1. The number of fused-ring (bicyclic) bond motifs is 3. The first-order valence-corrected chi connectivity index (χ1v) is 11.2. The second kappa shape index (κ2) is 8.31. The number of carbonyl (C=O) groups is 2. The Hall–Kier alpha value is -1.40. The molecule has 6 heteroatoms. The number of rotatable bonds is 7. The molecule has 0 aromatic carbocycles. The van der Waals surface area contributed by atoms with E-state index in [9.17, 15) is 9.59 Å². The van der Waals surface area contributed by atoms with Crippen molar-refractivity contribution in [3.8, 4) is 0 Å². The van der Waals surface area contributed by atoms with E-state index in [1.165, 1.54) is 36.1 Å². The summed E-state index contributed by atoms with van der Waals surface area (Å²) in [7, 11) is 1.67. The van der Waals surface area contributed by atoms with E-state index in [0.29, 0.717) is 19.1 Å². The molecule has 0 saturated heterocycles. The smallest absolute Gasteiger partial charge is 0.254 e. The Labute approximate surface area is 165 Å². The van der Waals surface area contributed by atoms with Gasteiger partial charge in [-0.2, -0.15) is 0 Å². The van der Waals surface area contributed by atoms with E-state index in [1.807, 2.05) is 0 Å². The quantitative estimate of drug-likeness (QED) is 0.697. The molecule has 0 aliphatic heterocycles. The van der Waals surface area contributed by atoms with Crippen LogP contribution in [0.15, 0.2) is 0 Å². The van der Waals surface area contributed by atoms with Gasteiger partial charge in [0.15, 0.2) is 0 Å². The molecule has 1 heterocycles. The summed E-state index contributed by atoms with van der Waals surface area (Å²) in [6.07, 6.45) is 9.76. The number of amides is 2. The molecule has 2 bridgehead atoms. The summed E-state index contributed by atoms with van der Waals surface area (Å²) in [5.74, 6) is 1.52. The maximum absolute atomic E-state index is 12.9. The summed E-state index contributed by atoms with van der Waals surface area (Å²) in [6.45, 7) is 1.23. The Morgan fingerprint density at radius 2 is 2.04 bits per heavy atom. The molecule has 3 aliphatic carbocycles. The Morgan fingerprint density at radius 1 is 1.19 bits per heavy atom. The van der Waals surface area contributed by atoms with E-state index in [0.717, 1.165) is 48.6 Å². The van der Waals surface area contributed by atoms with Gasteiger partial charge in [0.1, 0.15) is 5.00 Å². The lowest BCUT2D eigenvalue weighted by molar-refractivity contribution is -0.121. The van der Waals surface area contributed by atoms with Gasteiger partial charge in [-0.1, -0.05) is 6.42 Å². The normalized spacial score (nSPS) is 26.0. The minimum Gasteiger partial charge on any atom is -0.385 e. The standard InChI is InChI=1S/C21H30N2O3S/c1-26-10-4-9-22-20(25)18-15-5-2-3-6-17(15)27-21(18)23-19(24)16-12-13-7-8-14(16)11-13/h13-14,16H,2-12H2,1H3,(H,22,25)(H,23,24). The van der Waals surface area contributed by atoms with Crippen LogP contribution < -0.4 is 10.6 Å². The molecule has 3 unspecified atom stereocenters. The average Bonchev–Trinajstić information content (AvgIpc) is 3.38. The van der Waals surface area contributed by atoms with E-state index >= 15 is 0 Å². The van der Waals surface area contributed by atoms with E-state index in [1.54, 1.807) is 18.4 Å². The van der Waals surface area contributed by atoms with Crippen LogP contribution in [-0.2, 0) is 22.4 Å². The van der Waals surface area contributed by atoms with E-state index in [2.05, 4.69) is 10.6 Å². The zero-order valence-corrected chi connectivity index (χ0v) is 17.0. The summed E-state index contributed by atoms with van der Waals surface area (Å²) < 4.78 is 5.06. The second-order valence-electron chi connectivity index (χ2n) is 8.29. The first-order chi connectivity index (χ1) is 13.2. The van der Waals surface area contributed by atoms with Crippen LogP contribution in [0.4, 0.5) is 5.00 Å². The number of aryl methyl sites for hydroxylation is 1. The van der Waals surface area contributed by atoms with E-state index in [-0.39, 0.29) is 17.7 Å². The Bertz CT molecular complexity index is 715. The van der Waals surface area contributed by atoms with Gasteiger partial charge in [-0.05, 0) is 68.8 Å². The Morgan fingerprint density at radius 3 is 2.78 bits per heavy atom. The average molecular weight is 391 g/mol. The van der Waals surface area contributed by atoms with Crippen molar-refractivity contribution >= 4 is 28.2 Å². The first-order valence-electron chi connectivity index (χ1n) is 10.4. The van der Waals surface area contributed by atoms with Crippen molar-refractivity contribution in [2.75, 3.05) is 25.6 Å². The van der Waals surface area contributed by atoms with Crippen molar-refractivity contribution in [1.29, 1.82) is 0 Å². The van der Waals surface area contributed by atoms with E-state index in [4.69, 9.17) is 4.74 Å². The summed E-state index contributed by atoms with van der Waals surface area (Å²) in [5.41, 5.74) is 1.89. The van der Waals surface area contributed by atoms with Gasteiger partial charge in [0.25, 0.3) is 5.91 Å². The van der Waals surface area contributed by atoms with Crippen LogP contribution >= 0.6 is 11.3 Å². The van der Waals surface area contributed by atoms with Crippen molar-refractivity contribution in [2.24, 2.45) is 17.8 Å². The van der Waals surface area contributed by atoms with Gasteiger partial charge in [0, 0.05) is 31.1 Å². The fourth-order valence-corrected chi connectivity index (χ4v) is 6.46. The highest BCUT2D eigenvalue weighted by Gasteiger charge is 2.43. The zero-order chi connectivity index (χ0) is 18.8. The largest absolute Gasteiger partial charge is 0.385 e. The highest BCUT2D eigenvalue weighted by Crippen LogP contribution is 2.49.